The van der Waals surface area contributed by atoms with Crippen LogP contribution in [0.3, 0.4) is 0 Å². The summed E-state index contributed by atoms with van der Waals surface area (Å²) < 4.78 is 46.5. The maximum absolute atomic E-state index is 13.3. The van der Waals surface area contributed by atoms with Gasteiger partial charge in [0.2, 0.25) is 5.88 Å². The van der Waals surface area contributed by atoms with Gasteiger partial charge in [-0.2, -0.15) is 8.78 Å². The van der Waals surface area contributed by atoms with E-state index >= 15 is 0 Å². The van der Waals surface area contributed by atoms with Crippen molar-refractivity contribution in [2.24, 2.45) is 0 Å². The number of aromatic nitrogens is 1. The van der Waals surface area contributed by atoms with Crippen LogP contribution in [0.5, 0.6) is 11.6 Å². The molecule has 3 nitrogen and oxygen atoms in total. The minimum atomic E-state index is -3.07. The number of pyridine rings is 1. The Labute approximate surface area is 114 Å². The summed E-state index contributed by atoms with van der Waals surface area (Å²) in [6.07, 6.45) is 3.21. The number of hydrogen-bond acceptors (Lipinski definition) is 3. The first-order valence-electron chi connectivity index (χ1n) is 5.67. The molecular formula is C14H11F3NO2. The number of hydrogen-bond donors (Lipinski definition) is 0. The predicted molar refractivity (Wildman–Crippen MR) is 66.3 cm³/mol. The van der Waals surface area contributed by atoms with Crippen LogP contribution in [-0.2, 0) is 0 Å². The third kappa shape index (κ3) is 3.63. The minimum Gasteiger partial charge on any atom is -0.481 e. The van der Waals surface area contributed by atoms with Crippen LogP contribution >= 0.6 is 0 Å². The lowest BCUT2D eigenvalue weighted by atomic mass is 10.1. The molecule has 2 rings (SSSR count). The van der Waals surface area contributed by atoms with Crippen molar-refractivity contribution in [1.82, 2.24) is 4.98 Å². The van der Waals surface area contributed by atoms with E-state index in [2.05, 4.69) is 9.72 Å². The molecule has 0 aliphatic carbocycles. The van der Waals surface area contributed by atoms with Crippen LogP contribution in [0.2, 0.25) is 0 Å². The topological polar surface area (TPSA) is 31.4 Å². The van der Waals surface area contributed by atoms with Gasteiger partial charge >= 0.3 is 6.61 Å². The van der Waals surface area contributed by atoms with Gasteiger partial charge in [0.15, 0.2) is 11.6 Å². The van der Waals surface area contributed by atoms with E-state index in [1.165, 1.54) is 19.2 Å². The molecule has 0 bridgehead atoms. The molecule has 0 N–H and O–H groups in total. The van der Waals surface area contributed by atoms with Gasteiger partial charge in [-0.25, -0.2) is 9.37 Å². The van der Waals surface area contributed by atoms with E-state index in [-0.39, 0.29) is 0 Å². The van der Waals surface area contributed by atoms with Crippen LogP contribution in [0.15, 0.2) is 36.5 Å². The van der Waals surface area contributed by atoms with E-state index in [1.807, 2.05) is 0 Å². The average molecular weight is 282 g/mol. The molecule has 0 fully saturated rings. The minimum absolute atomic E-state index is 0.461. The Morgan fingerprint density at radius 1 is 1.15 bits per heavy atom. The third-order valence-electron chi connectivity index (χ3n) is 2.47. The second-order valence-electron chi connectivity index (χ2n) is 3.85. The number of alkyl halides is 2. The molecule has 0 saturated heterocycles. The summed E-state index contributed by atoms with van der Waals surface area (Å²) >= 11 is 0. The first kappa shape index (κ1) is 14.2. The summed E-state index contributed by atoms with van der Waals surface area (Å²) in [5.41, 5.74) is 1.24. The van der Waals surface area contributed by atoms with Crippen LogP contribution in [-0.4, -0.2) is 18.7 Å². The highest BCUT2D eigenvalue weighted by molar-refractivity contribution is 5.41. The van der Waals surface area contributed by atoms with Gasteiger partial charge < -0.3 is 9.47 Å². The lowest BCUT2D eigenvalue weighted by Crippen LogP contribution is -2.04. The highest BCUT2D eigenvalue weighted by Crippen LogP contribution is 2.23. The first-order valence-corrected chi connectivity index (χ1v) is 5.67. The van der Waals surface area contributed by atoms with Gasteiger partial charge in [0.05, 0.1) is 7.11 Å². The second kappa shape index (κ2) is 6.27. The highest BCUT2D eigenvalue weighted by Gasteiger charge is 2.11. The van der Waals surface area contributed by atoms with Crippen molar-refractivity contribution in [3.63, 3.8) is 0 Å². The zero-order valence-electron chi connectivity index (χ0n) is 10.5. The Balaban J connectivity index is 2.16. The van der Waals surface area contributed by atoms with Gasteiger partial charge in [-0.1, -0.05) is 12.1 Å². The lowest BCUT2D eigenvalue weighted by molar-refractivity contribution is -0.0522. The Kier molecular flexibility index (Phi) is 4.45. The van der Waals surface area contributed by atoms with Crippen LogP contribution in [0.1, 0.15) is 11.1 Å². The summed E-state index contributed by atoms with van der Waals surface area (Å²) in [7, 11) is 1.50. The average Bonchev–Trinajstić information content (AvgIpc) is 2.43. The van der Waals surface area contributed by atoms with Crippen LogP contribution in [0.4, 0.5) is 13.2 Å². The van der Waals surface area contributed by atoms with Gasteiger partial charge in [-0.15, -0.1) is 0 Å². The quantitative estimate of drug-likeness (QED) is 0.842. The van der Waals surface area contributed by atoms with Crippen LogP contribution in [0.25, 0.3) is 0 Å². The molecular weight excluding hydrogens is 271 g/mol. The van der Waals surface area contributed by atoms with Crippen LogP contribution < -0.4 is 9.47 Å². The summed E-state index contributed by atoms with van der Waals surface area (Å²) in [6, 6.07) is 7.12. The van der Waals surface area contributed by atoms with E-state index in [1.54, 1.807) is 24.8 Å². The number of benzene rings is 1. The van der Waals surface area contributed by atoms with E-state index < -0.39 is 18.2 Å². The Morgan fingerprint density at radius 2 is 1.90 bits per heavy atom. The van der Waals surface area contributed by atoms with E-state index in [0.717, 1.165) is 11.6 Å². The monoisotopic (exact) mass is 282 g/mol. The summed E-state index contributed by atoms with van der Waals surface area (Å²) in [5, 5.41) is 0. The van der Waals surface area contributed by atoms with E-state index in [4.69, 9.17) is 4.74 Å². The number of halogens is 3. The highest BCUT2D eigenvalue weighted by atomic mass is 19.3. The molecule has 0 amide bonds. The van der Waals surface area contributed by atoms with Crippen molar-refractivity contribution in [3.05, 3.63) is 59.9 Å². The molecule has 105 valence electrons. The fourth-order valence-corrected chi connectivity index (χ4v) is 1.59. The first-order chi connectivity index (χ1) is 9.58. The van der Waals surface area contributed by atoms with Crippen molar-refractivity contribution in [1.29, 1.82) is 0 Å². The van der Waals surface area contributed by atoms with Gasteiger partial charge in [0, 0.05) is 18.7 Å². The Morgan fingerprint density at radius 3 is 2.50 bits per heavy atom. The van der Waals surface area contributed by atoms with Crippen molar-refractivity contribution in [2.45, 2.75) is 6.61 Å². The molecule has 1 aromatic carbocycles. The molecule has 1 radical (unpaired) electrons. The number of methoxy groups -OCH3 is 1. The number of rotatable bonds is 5. The fourth-order valence-electron chi connectivity index (χ4n) is 1.59. The normalized spacial score (nSPS) is 10.7. The van der Waals surface area contributed by atoms with Crippen LogP contribution in [0, 0.1) is 12.2 Å². The van der Waals surface area contributed by atoms with E-state index in [0.29, 0.717) is 11.4 Å². The Hall–Kier alpha value is -2.24. The van der Waals surface area contributed by atoms with Crippen molar-refractivity contribution in [2.75, 3.05) is 7.11 Å². The smallest absolute Gasteiger partial charge is 0.387 e. The third-order valence-corrected chi connectivity index (χ3v) is 2.47. The van der Waals surface area contributed by atoms with Gasteiger partial charge in [-0.05, 0) is 23.3 Å². The van der Waals surface area contributed by atoms with Crippen molar-refractivity contribution >= 4 is 0 Å². The maximum atomic E-state index is 13.3. The molecule has 0 saturated carbocycles. The molecule has 0 atom stereocenters. The molecule has 1 heterocycles. The van der Waals surface area contributed by atoms with Gasteiger partial charge in [0.1, 0.15) is 0 Å². The summed E-state index contributed by atoms with van der Waals surface area (Å²) in [4.78, 5) is 4.00. The molecule has 2 aromatic rings. The zero-order chi connectivity index (χ0) is 14.5. The SMILES string of the molecule is COc1ccc([CH]c2ccc(F)c(OC(F)F)c2)cn1. The second-order valence-corrected chi connectivity index (χ2v) is 3.85. The van der Waals surface area contributed by atoms with Crippen molar-refractivity contribution < 1.29 is 22.6 Å². The van der Waals surface area contributed by atoms with Gasteiger partial charge in [-0.3, -0.25) is 0 Å². The number of ether oxygens (including phenoxy) is 2. The molecule has 0 aliphatic rings. The predicted octanol–water partition coefficient (Wildman–Crippen LogP) is 3.43. The molecule has 0 spiro atoms. The zero-order valence-corrected chi connectivity index (χ0v) is 10.5. The molecule has 0 unspecified atom stereocenters. The van der Waals surface area contributed by atoms with Crippen molar-refractivity contribution in [3.8, 4) is 11.6 Å². The molecule has 6 heteroatoms. The molecule has 0 aliphatic heterocycles. The molecule has 1 aromatic heterocycles. The number of nitrogens with zero attached hydrogens (tertiary/aromatic N) is 1. The molecule has 20 heavy (non-hydrogen) atoms. The fraction of sp³-hybridized carbons (Fsp3) is 0.143. The largest absolute Gasteiger partial charge is 0.481 e. The summed E-state index contributed by atoms with van der Waals surface area (Å²) in [5.74, 6) is -0.867. The summed E-state index contributed by atoms with van der Waals surface area (Å²) in [6.45, 7) is -3.07. The van der Waals surface area contributed by atoms with Gasteiger partial charge in [0.25, 0.3) is 0 Å². The maximum Gasteiger partial charge on any atom is 0.387 e. The van der Waals surface area contributed by atoms with E-state index in [9.17, 15) is 13.2 Å². The Bertz CT molecular complexity index is 573. The lowest BCUT2D eigenvalue weighted by Gasteiger charge is -2.08. The standard InChI is InChI=1S/C14H11F3NO2/c1-19-13-5-3-10(8-18-13)6-9-2-4-11(15)12(7-9)20-14(16)17/h2-8,14H,1H3.